The molecule has 17 heavy (non-hydrogen) atoms. The maximum atomic E-state index is 6.11. The number of benzene rings is 1. The molecule has 0 amide bonds. The monoisotopic (exact) mass is 235 g/mol. The highest BCUT2D eigenvalue weighted by Crippen LogP contribution is 2.27. The van der Waals surface area contributed by atoms with Crippen LogP contribution in [-0.4, -0.2) is 13.2 Å². The minimum atomic E-state index is 0.225. The van der Waals surface area contributed by atoms with Crippen LogP contribution in [0.1, 0.15) is 44.7 Å². The Labute approximate surface area is 105 Å². The summed E-state index contributed by atoms with van der Waals surface area (Å²) in [6.45, 7) is 8.70. The van der Waals surface area contributed by atoms with Crippen LogP contribution in [0, 0.1) is 5.92 Å². The van der Waals surface area contributed by atoms with Gasteiger partial charge in [-0.3, -0.25) is 0 Å². The maximum absolute atomic E-state index is 6.11. The number of ether oxygens (including phenoxy) is 1. The molecule has 0 fully saturated rings. The van der Waals surface area contributed by atoms with Gasteiger partial charge in [0.2, 0.25) is 0 Å². The maximum Gasteiger partial charge on any atom is 0.122 e. The Hall–Kier alpha value is -1.02. The summed E-state index contributed by atoms with van der Waals surface area (Å²) in [4.78, 5) is 0. The fourth-order valence-electron chi connectivity index (χ4n) is 1.87. The lowest BCUT2D eigenvalue weighted by molar-refractivity contribution is 0.407. The molecule has 2 N–H and O–H groups in total. The molecule has 0 heterocycles. The molecule has 1 unspecified atom stereocenters. The molecular weight excluding hydrogens is 210 g/mol. The van der Waals surface area contributed by atoms with Crippen LogP contribution in [-0.2, 0) is 6.42 Å². The second kappa shape index (κ2) is 6.06. The van der Waals surface area contributed by atoms with Gasteiger partial charge in [0.05, 0.1) is 7.11 Å². The third-order valence-electron chi connectivity index (χ3n) is 3.24. The van der Waals surface area contributed by atoms with Crippen LogP contribution in [0.3, 0.4) is 0 Å². The Bertz CT molecular complexity index is 358. The molecule has 1 aromatic rings. The molecule has 0 radical (unpaired) electrons. The lowest BCUT2D eigenvalue weighted by atomic mass is 9.93. The highest BCUT2D eigenvalue weighted by atomic mass is 16.5. The fraction of sp³-hybridized carbons (Fsp3) is 0.600. The second-order valence-electron chi connectivity index (χ2n) is 5.34. The summed E-state index contributed by atoms with van der Waals surface area (Å²) in [5.74, 6) is 1.96. The van der Waals surface area contributed by atoms with Gasteiger partial charge in [-0.1, -0.05) is 39.8 Å². The van der Waals surface area contributed by atoms with Crippen molar-refractivity contribution in [2.45, 2.75) is 46.1 Å². The lowest BCUT2D eigenvalue weighted by Crippen LogP contribution is -2.28. The topological polar surface area (TPSA) is 35.2 Å². The number of nitrogens with two attached hydrogens (primary N) is 1. The van der Waals surface area contributed by atoms with Gasteiger partial charge >= 0.3 is 0 Å². The molecule has 0 saturated carbocycles. The van der Waals surface area contributed by atoms with E-state index in [0.717, 1.165) is 12.2 Å². The first-order chi connectivity index (χ1) is 7.95. The molecule has 0 spiro atoms. The molecule has 1 aromatic carbocycles. The van der Waals surface area contributed by atoms with E-state index in [0.29, 0.717) is 11.8 Å². The number of hydrogen-bond donors (Lipinski definition) is 1. The average molecular weight is 235 g/mol. The molecule has 96 valence electrons. The van der Waals surface area contributed by atoms with Crippen molar-refractivity contribution in [1.82, 2.24) is 0 Å². The smallest absolute Gasteiger partial charge is 0.122 e. The van der Waals surface area contributed by atoms with Crippen molar-refractivity contribution in [2.24, 2.45) is 11.7 Å². The van der Waals surface area contributed by atoms with Gasteiger partial charge in [0.25, 0.3) is 0 Å². The summed E-state index contributed by atoms with van der Waals surface area (Å²) in [5, 5.41) is 0. The average Bonchev–Trinajstić information content (AvgIpc) is 2.28. The van der Waals surface area contributed by atoms with Crippen molar-refractivity contribution in [3.05, 3.63) is 29.3 Å². The second-order valence-corrected chi connectivity index (χ2v) is 5.34. The van der Waals surface area contributed by atoms with Gasteiger partial charge in [-0.05, 0) is 35.4 Å². The van der Waals surface area contributed by atoms with Crippen molar-refractivity contribution >= 4 is 0 Å². The van der Waals surface area contributed by atoms with Crippen molar-refractivity contribution in [3.8, 4) is 5.75 Å². The molecule has 0 bridgehead atoms. The summed E-state index contributed by atoms with van der Waals surface area (Å²) in [7, 11) is 1.72. The van der Waals surface area contributed by atoms with E-state index in [1.165, 1.54) is 11.1 Å². The summed E-state index contributed by atoms with van der Waals surface area (Å²) in [5.41, 5.74) is 8.68. The van der Waals surface area contributed by atoms with E-state index >= 15 is 0 Å². The quantitative estimate of drug-likeness (QED) is 0.849. The third kappa shape index (κ3) is 3.74. The molecule has 0 aliphatic carbocycles. The van der Waals surface area contributed by atoms with E-state index in [4.69, 9.17) is 10.5 Å². The van der Waals surface area contributed by atoms with Crippen LogP contribution < -0.4 is 10.5 Å². The van der Waals surface area contributed by atoms with Gasteiger partial charge in [-0.2, -0.15) is 0 Å². The first-order valence-corrected chi connectivity index (χ1v) is 6.38. The number of hydrogen-bond acceptors (Lipinski definition) is 2. The summed E-state index contributed by atoms with van der Waals surface area (Å²) in [6, 6.07) is 6.62. The van der Waals surface area contributed by atoms with Crippen LogP contribution in [0.2, 0.25) is 0 Å². The Morgan fingerprint density at radius 2 is 1.82 bits per heavy atom. The first-order valence-electron chi connectivity index (χ1n) is 6.38. The summed E-state index contributed by atoms with van der Waals surface area (Å²) in [6.07, 6.45) is 0.932. The summed E-state index contributed by atoms with van der Waals surface area (Å²) >= 11 is 0. The zero-order valence-corrected chi connectivity index (χ0v) is 11.7. The minimum absolute atomic E-state index is 0.225. The van der Waals surface area contributed by atoms with Gasteiger partial charge in [-0.15, -0.1) is 0 Å². The molecule has 2 heteroatoms. The molecule has 1 rings (SSSR count). The highest BCUT2D eigenvalue weighted by Gasteiger charge is 2.12. The lowest BCUT2D eigenvalue weighted by Gasteiger charge is -2.18. The highest BCUT2D eigenvalue weighted by molar-refractivity contribution is 5.39. The Morgan fingerprint density at radius 1 is 1.18 bits per heavy atom. The van der Waals surface area contributed by atoms with Crippen LogP contribution in [0.25, 0.3) is 0 Å². The molecular formula is C15H25NO. The van der Waals surface area contributed by atoms with Crippen molar-refractivity contribution < 1.29 is 4.74 Å². The number of rotatable bonds is 5. The SMILES string of the molecule is COc1ccc(CC(N)C(C)C)cc1C(C)C. The molecule has 1 atom stereocenters. The zero-order chi connectivity index (χ0) is 13.0. The Kier molecular flexibility index (Phi) is 5.01. The van der Waals surface area contributed by atoms with E-state index in [-0.39, 0.29) is 6.04 Å². The van der Waals surface area contributed by atoms with E-state index in [9.17, 15) is 0 Å². The normalized spacial score (nSPS) is 13.2. The molecule has 0 aromatic heterocycles. The minimum Gasteiger partial charge on any atom is -0.496 e. The van der Waals surface area contributed by atoms with E-state index < -0.39 is 0 Å². The predicted octanol–water partition coefficient (Wildman–Crippen LogP) is 3.34. The fourth-order valence-corrected chi connectivity index (χ4v) is 1.87. The van der Waals surface area contributed by atoms with Crippen molar-refractivity contribution in [3.63, 3.8) is 0 Å². The van der Waals surface area contributed by atoms with Crippen molar-refractivity contribution in [1.29, 1.82) is 0 Å². The Morgan fingerprint density at radius 3 is 2.29 bits per heavy atom. The zero-order valence-electron chi connectivity index (χ0n) is 11.7. The number of methoxy groups -OCH3 is 1. The molecule has 2 nitrogen and oxygen atoms in total. The standard InChI is InChI=1S/C15H25NO/c1-10(2)13-8-12(6-7-15(13)17-5)9-14(16)11(3)4/h6-8,10-11,14H,9,16H2,1-5H3. The van der Waals surface area contributed by atoms with E-state index in [2.05, 4.69) is 45.9 Å². The van der Waals surface area contributed by atoms with Gasteiger partial charge in [0.1, 0.15) is 5.75 Å². The van der Waals surface area contributed by atoms with Crippen LogP contribution >= 0.6 is 0 Å². The molecule has 0 aliphatic rings. The van der Waals surface area contributed by atoms with E-state index in [1.807, 2.05) is 0 Å². The van der Waals surface area contributed by atoms with Gasteiger partial charge < -0.3 is 10.5 Å². The molecule has 0 aliphatic heterocycles. The van der Waals surface area contributed by atoms with Crippen molar-refractivity contribution in [2.75, 3.05) is 7.11 Å². The van der Waals surface area contributed by atoms with E-state index in [1.54, 1.807) is 7.11 Å². The third-order valence-corrected chi connectivity index (χ3v) is 3.24. The Balaban J connectivity index is 2.92. The first kappa shape index (κ1) is 14.0. The van der Waals surface area contributed by atoms with Crippen LogP contribution in [0.15, 0.2) is 18.2 Å². The van der Waals surface area contributed by atoms with Gasteiger partial charge in [0.15, 0.2) is 0 Å². The van der Waals surface area contributed by atoms with Crippen LogP contribution in [0.5, 0.6) is 5.75 Å². The van der Waals surface area contributed by atoms with Gasteiger partial charge in [0, 0.05) is 6.04 Å². The predicted molar refractivity (Wildman–Crippen MR) is 73.6 cm³/mol. The van der Waals surface area contributed by atoms with Gasteiger partial charge in [-0.25, -0.2) is 0 Å². The largest absolute Gasteiger partial charge is 0.496 e. The van der Waals surface area contributed by atoms with Crippen LogP contribution in [0.4, 0.5) is 0 Å². The summed E-state index contributed by atoms with van der Waals surface area (Å²) < 4.78 is 5.38. The molecule has 0 saturated heterocycles.